The van der Waals surface area contributed by atoms with Crippen molar-refractivity contribution in [2.45, 2.75) is 45.3 Å². The number of amides is 2. The van der Waals surface area contributed by atoms with Crippen molar-refractivity contribution in [2.75, 3.05) is 19.7 Å². The molecular weight excluding hydrogens is 435 g/mol. The molecule has 1 aromatic carbocycles. The molecule has 0 bridgehead atoms. The molecule has 1 fully saturated rings. The number of carbonyl (C=O) groups is 2. The summed E-state index contributed by atoms with van der Waals surface area (Å²) in [7, 11) is 0. The Morgan fingerprint density at radius 3 is 2.60 bits per heavy atom. The second-order valence-electron chi connectivity index (χ2n) is 7.07. The first-order valence-corrected chi connectivity index (χ1v) is 9.46. The van der Waals surface area contributed by atoms with E-state index in [1.807, 2.05) is 45.0 Å². The van der Waals surface area contributed by atoms with Gasteiger partial charge in [-0.25, -0.2) is 4.79 Å². The zero-order valence-corrected chi connectivity index (χ0v) is 17.0. The van der Waals surface area contributed by atoms with E-state index < -0.39 is 11.7 Å². The Bertz CT molecular complexity index is 598. The lowest BCUT2D eigenvalue weighted by Crippen LogP contribution is -2.51. The number of benzene rings is 1. The molecule has 2 amide bonds. The number of hydrogen-bond donors (Lipinski definition) is 1. The van der Waals surface area contributed by atoms with Gasteiger partial charge in [-0.2, -0.15) is 0 Å². The SMILES string of the molecule is CC(C)(C)OC(=O)NC1CCCN(C(=O)COc2ccc(I)cc2)C1. The van der Waals surface area contributed by atoms with Gasteiger partial charge in [-0.05, 0) is 80.5 Å². The maximum atomic E-state index is 12.4. The second kappa shape index (κ2) is 8.73. The minimum Gasteiger partial charge on any atom is -0.484 e. The minimum atomic E-state index is -0.532. The van der Waals surface area contributed by atoms with Crippen LogP contribution in [0.25, 0.3) is 0 Å². The van der Waals surface area contributed by atoms with Crippen LogP contribution >= 0.6 is 22.6 Å². The number of nitrogens with zero attached hydrogens (tertiary/aromatic N) is 1. The Kier molecular flexibility index (Phi) is 6.92. The van der Waals surface area contributed by atoms with Crippen LogP contribution in [0.3, 0.4) is 0 Å². The van der Waals surface area contributed by atoms with Crippen molar-refractivity contribution >= 4 is 34.6 Å². The summed E-state index contributed by atoms with van der Waals surface area (Å²) in [5.41, 5.74) is -0.532. The van der Waals surface area contributed by atoms with Crippen LogP contribution in [-0.4, -0.2) is 48.2 Å². The first kappa shape index (κ1) is 19.8. The zero-order chi connectivity index (χ0) is 18.4. The highest BCUT2D eigenvalue weighted by Crippen LogP contribution is 2.15. The van der Waals surface area contributed by atoms with Crippen LogP contribution in [0.5, 0.6) is 5.75 Å². The summed E-state index contributed by atoms with van der Waals surface area (Å²) in [5, 5.41) is 2.84. The number of alkyl carbamates (subject to hydrolysis) is 1. The molecule has 2 rings (SSSR count). The molecule has 1 aromatic rings. The summed E-state index contributed by atoms with van der Waals surface area (Å²) in [4.78, 5) is 26.0. The summed E-state index contributed by atoms with van der Waals surface area (Å²) in [6.45, 7) is 6.64. The van der Waals surface area contributed by atoms with Gasteiger partial charge in [-0.3, -0.25) is 4.79 Å². The van der Waals surface area contributed by atoms with Crippen molar-refractivity contribution in [3.63, 3.8) is 0 Å². The summed E-state index contributed by atoms with van der Waals surface area (Å²) in [6, 6.07) is 7.46. The fourth-order valence-electron chi connectivity index (χ4n) is 2.56. The summed E-state index contributed by atoms with van der Waals surface area (Å²) < 4.78 is 11.9. The number of likely N-dealkylation sites (tertiary alicyclic amines) is 1. The van der Waals surface area contributed by atoms with E-state index in [0.717, 1.165) is 16.4 Å². The maximum Gasteiger partial charge on any atom is 0.407 e. The summed E-state index contributed by atoms with van der Waals surface area (Å²) in [5.74, 6) is 0.600. The molecule has 0 aliphatic carbocycles. The van der Waals surface area contributed by atoms with Crippen molar-refractivity contribution in [1.82, 2.24) is 10.2 Å². The minimum absolute atomic E-state index is 0.000248. The van der Waals surface area contributed by atoms with Gasteiger partial charge in [0.1, 0.15) is 11.4 Å². The third-order valence-electron chi connectivity index (χ3n) is 3.67. The van der Waals surface area contributed by atoms with Crippen molar-refractivity contribution in [2.24, 2.45) is 0 Å². The van der Waals surface area contributed by atoms with E-state index >= 15 is 0 Å². The molecular formula is C18H25IN2O4. The summed E-state index contributed by atoms with van der Waals surface area (Å²) >= 11 is 2.22. The molecule has 1 saturated heterocycles. The zero-order valence-electron chi connectivity index (χ0n) is 14.9. The van der Waals surface area contributed by atoms with E-state index in [4.69, 9.17) is 9.47 Å². The van der Waals surface area contributed by atoms with Gasteiger partial charge in [-0.15, -0.1) is 0 Å². The van der Waals surface area contributed by atoms with Crippen molar-refractivity contribution in [3.05, 3.63) is 27.8 Å². The first-order chi connectivity index (χ1) is 11.7. The molecule has 138 valence electrons. The quantitative estimate of drug-likeness (QED) is 0.702. The van der Waals surface area contributed by atoms with E-state index in [0.29, 0.717) is 18.8 Å². The van der Waals surface area contributed by atoms with Crippen molar-refractivity contribution < 1.29 is 19.1 Å². The van der Waals surface area contributed by atoms with Gasteiger partial charge in [0.05, 0.1) is 0 Å². The molecule has 1 heterocycles. The summed E-state index contributed by atoms with van der Waals surface area (Å²) in [6.07, 6.45) is 1.23. The predicted octanol–water partition coefficient (Wildman–Crippen LogP) is 3.19. The van der Waals surface area contributed by atoms with Gasteiger partial charge < -0.3 is 19.7 Å². The average molecular weight is 460 g/mol. The number of halogens is 1. The van der Waals surface area contributed by atoms with Crippen molar-refractivity contribution in [3.8, 4) is 5.75 Å². The lowest BCUT2D eigenvalue weighted by atomic mass is 10.1. The highest BCUT2D eigenvalue weighted by atomic mass is 127. The topological polar surface area (TPSA) is 67.9 Å². The molecule has 6 nitrogen and oxygen atoms in total. The van der Waals surface area contributed by atoms with Gasteiger partial charge >= 0.3 is 6.09 Å². The molecule has 1 aliphatic heterocycles. The Hall–Kier alpha value is -1.51. The molecule has 1 unspecified atom stereocenters. The first-order valence-electron chi connectivity index (χ1n) is 8.38. The lowest BCUT2D eigenvalue weighted by Gasteiger charge is -2.33. The Morgan fingerprint density at radius 1 is 1.28 bits per heavy atom. The van der Waals surface area contributed by atoms with Gasteiger partial charge in [0.2, 0.25) is 0 Å². The second-order valence-corrected chi connectivity index (χ2v) is 8.31. The largest absolute Gasteiger partial charge is 0.484 e. The number of carbonyl (C=O) groups excluding carboxylic acids is 2. The number of hydrogen-bond acceptors (Lipinski definition) is 4. The normalized spacial score (nSPS) is 17.8. The third-order valence-corrected chi connectivity index (χ3v) is 4.39. The highest BCUT2D eigenvalue weighted by Gasteiger charge is 2.26. The van der Waals surface area contributed by atoms with Crippen LogP contribution in [0.15, 0.2) is 24.3 Å². The molecule has 0 saturated carbocycles. The van der Waals surface area contributed by atoms with E-state index in [1.54, 1.807) is 4.90 Å². The smallest absolute Gasteiger partial charge is 0.407 e. The fourth-order valence-corrected chi connectivity index (χ4v) is 2.92. The molecule has 1 aliphatic rings. The Balaban J connectivity index is 1.80. The number of nitrogens with one attached hydrogen (secondary N) is 1. The highest BCUT2D eigenvalue weighted by molar-refractivity contribution is 14.1. The van der Waals surface area contributed by atoms with E-state index in [9.17, 15) is 9.59 Å². The average Bonchev–Trinajstić information content (AvgIpc) is 2.52. The van der Waals surface area contributed by atoms with Crippen LogP contribution in [0.2, 0.25) is 0 Å². The van der Waals surface area contributed by atoms with Crippen LogP contribution in [0, 0.1) is 3.57 Å². The maximum absolute atomic E-state index is 12.4. The molecule has 1 atom stereocenters. The molecule has 0 spiro atoms. The number of piperidine rings is 1. The lowest BCUT2D eigenvalue weighted by molar-refractivity contribution is -0.134. The fraction of sp³-hybridized carbons (Fsp3) is 0.556. The molecule has 1 N–H and O–H groups in total. The number of ether oxygens (including phenoxy) is 2. The Labute approximate surface area is 162 Å². The van der Waals surface area contributed by atoms with E-state index in [1.165, 1.54) is 0 Å². The van der Waals surface area contributed by atoms with Gasteiger partial charge in [0, 0.05) is 22.7 Å². The van der Waals surface area contributed by atoms with E-state index in [-0.39, 0.29) is 18.6 Å². The van der Waals surface area contributed by atoms with Crippen LogP contribution < -0.4 is 10.1 Å². The van der Waals surface area contributed by atoms with Crippen LogP contribution in [0.4, 0.5) is 4.79 Å². The molecule has 25 heavy (non-hydrogen) atoms. The monoisotopic (exact) mass is 460 g/mol. The van der Waals surface area contributed by atoms with Gasteiger partial charge in [-0.1, -0.05) is 0 Å². The van der Waals surface area contributed by atoms with Gasteiger partial charge in [0.25, 0.3) is 5.91 Å². The van der Waals surface area contributed by atoms with E-state index in [2.05, 4.69) is 27.9 Å². The van der Waals surface area contributed by atoms with Gasteiger partial charge in [0.15, 0.2) is 6.61 Å². The van der Waals surface area contributed by atoms with Crippen LogP contribution in [0.1, 0.15) is 33.6 Å². The van der Waals surface area contributed by atoms with Crippen molar-refractivity contribution in [1.29, 1.82) is 0 Å². The molecule has 7 heteroatoms. The predicted molar refractivity (Wildman–Crippen MR) is 104 cm³/mol. The third kappa shape index (κ3) is 7.09. The molecule has 0 radical (unpaired) electrons. The Morgan fingerprint density at radius 2 is 1.96 bits per heavy atom. The molecule has 0 aromatic heterocycles. The number of rotatable bonds is 4. The standard InChI is InChI=1S/C18H25IN2O4/c1-18(2,3)25-17(23)20-14-5-4-10-21(11-14)16(22)12-24-15-8-6-13(19)7-9-15/h6-9,14H,4-5,10-12H2,1-3H3,(H,20,23). The van der Waals surface area contributed by atoms with Crippen LogP contribution in [-0.2, 0) is 9.53 Å².